The van der Waals surface area contributed by atoms with Gasteiger partial charge in [0.2, 0.25) is 0 Å². The SMILES string of the molecule is CN1CCC2C(C1)C(=O)CN2C(=O)OC(C)(C)C. The molecule has 2 fully saturated rings. The van der Waals surface area contributed by atoms with Gasteiger partial charge in [0, 0.05) is 12.6 Å². The molecule has 2 atom stereocenters. The van der Waals surface area contributed by atoms with Crippen LogP contribution in [-0.2, 0) is 9.53 Å². The summed E-state index contributed by atoms with van der Waals surface area (Å²) < 4.78 is 5.37. The minimum atomic E-state index is -0.510. The zero-order chi connectivity index (χ0) is 13.5. The van der Waals surface area contributed by atoms with Crippen LogP contribution in [-0.4, -0.2) is 60.0 Å². The number of piperidine rings is 1. The maximum atomic E-state index is 12.1. The van der Waals surface area contributed by atoms with Crippen molar-refractivity contribution in [1.29, 1.82) is 0 Å². The normalized spacial score (nSPS) is 29.3. The second-order valence-corrected chi connectivity index (χ2v) is 6.30. The number of amides is 1. The van der Waals surface area contributed by atoms with Crippen LogP contribution >= 0.6 is 0 Å². The highest BCUT2D eigenvalue weighted by Gasteiger charge is 2.46. The third kappa shape index (κ3) is 2.66. The molecule has 0 N–H and O–H groups in total. The number of fused-ring (bicyclic) bond motifs is 1. The summed E-state index contributed by atoms with van der Waals surface area (Å²) in [6.45, 7) is 7.41. The molecule has 5 nitrogen and oxygen atoms in total. The van der Waals surface area contributed by atoms with Crippen LogP contribution in [0.1, 0.15) is 27.2 Å². The Hall–Kier alpha value is -1.10. The van der Waals surface area contributed by atoms with Gasteiger partial charge in [0.05, 0.1) is 12.5 Å². The van der Waals surface area contributed by atoms with Crippen molar-refractivity contribution in [3.8, 4) is 0 Å². The van der Waals surface area contributed by atoms with E-state index in [-0.39, 0.29) is 30.4 Å². The predicted molar refractivity (Wildman–Crippen MR) is 67.3 cm³/mol. The van der Waals surface area contributed by atoms with Crippen molar-refractivity contribution in [1.82, 2.24) is 9.80 Å². The highest BCUT2D eigenvalue weighted by molar-refractivity contribution is 5.90. The molecule has 0 aromatic rings. The van der Waals surface area contributed by atoms with E-state index in [1.807, 2.05) is 27.8 Å². The Balaban J connectivity index is 2.07. The highest BCUT2D eigenvalue weighted by Crippen LogP contribution is 2.29. The number of likely N-dealkylation sites (tertiary alicyclic amines) is 2. The molecule has 0 aliphatic carbocycles. The lowest BCUT2D eigenvalue weighted by molar-refractivity contribution is -0.120. The van der Waals surface area contributed by atoms with Crippen molar-refractivity contribution in [2.75, 3.05) is 26.7 Å². The van der Waals surface area contributed by atoms with Crippen LogP contribution in [0.5, 0.6) is 0 Å². The van der Waals surface area contributed by atoms with Crippen molar-refractivity contribution in [2.24, 2.45) is 5.92 Å². The van der Waals surface area contributed by atoms with E-state index in [0.29, 0.717) is 0 Å². The zero-order valence-corrected chi connectivity index (χ0v) is 11.6. The summed E-state index contributed by atoms with van der Waals surface area (Å²) in [4.78, 5) is 27.8. The Morgan fingerprint density at radius 3 is 2.67 bits per heavy atom. The van der Waals surface area contributed by atoms with Gasteiger partial charge < -0.3 is 9.64 Å². The Labute approximate surface area is 108 Å². The first kappa shape index (κ1) is 13.3. The molecule has 0 aromatic heterocycles. The van der Waals surface area contributed by atoms with Gasteiger partial charge in [0.1, 0.15) is 5.60 Å². The Bertz CT molecular complexity index is 362. The van der Waals surface area contributed by atoms with Crippen LogP contribution in [0.25, 0.3) is 0 Å². The summed E-state index contributed by atoms with van der Waals surface area (Å²) in [5, 5.41) is 0. The van der Waals surface area contributed by atoms with E-state index in [4.69, 9.17) is 4.74 Å². The number of ether oxygens (including phenoxy) is 1. The van der Waals surface area contributed by atoms with Gasteiger partial charge in [0.25, 0.3) is 0 Å². The molecular weight excluding hydrogens is 232 g/mol. The summed E-state index contributed by atoms with van der Waals surface area (Å²) in [7, 11) is 2.01. The summed E-state index contributed by atoms with van der Waals surface area (Å²) in [5.74, 6) is 0.133. The van der Waals surface area contributed by atoms with Crippen molar-refractivity contribution < 1.29 is 14.3 Å². The van der Waals surface area contributed by atoms with E-state index in [2.05, 4.69) is 4.90 Å². The number of nitrogens with zero attached hydrogens (tertiary/aromatic N) is 2. The van der Waals surface area contributed by atoms with E-state index in [9.17, 15) is 9.59 Å². The number of Topliss-reactive ketones (excluding diaryl/α,β-unsaturated/α-hetero) is 1. The van der Waals surface area contributed by atoms with Crippen LogP contribution in [0, 0.1) is 5.92 Å². The van der Waals surface area contributed by atoms with Crippen molar-refractivity contribution in [3.05, 3.63) is 0 Å². The maximum Gasteiger partial charge on any atom is 0.410 e. The first-order valence-electron chi connectivity index (χ1n) is 6.49. The van der Waals surface area contributed by atoms with Crippen LogP contribution in [0.15, 0.2) is 0 Å². The monoisotopic (exact) mass is 254 g/mol. The molecule has 2 aliphatic heterocycles. The molecule has 0 aromatic carbocycles. The molecule has 1 amide bonds. The Morgan fingerprint density at radius 1 is 1.39 bits per heavy atom. The fraction of sp³-hybridized carbons (Fsp3) is 0.846. The predicted octanol–water partition coefficient (Wildman–Crippen LogP) is 1.13. The lowest BCUT2D eigenvalue weighted by Gasteiger charge is -2.35. The van der Waals surface area contributed by atoms with Gasteiger partial charge in [0.15, 0.2) is 5.78 Å². The molecule has 18 heavy (non-hydrogen) atoms. The van der Waals surface area contributed by atoms with Crippen LogP contribution < -0.4 is 0 Å². The lowest BCUT2D eigenvalue weighted by atomic mass is 9.92. The molecule has 0 radical (unpaired) electrons. The number of carbonyl (C=O) groups excluding carboxylic acids is 2. The molecule has 2 rings (SSSR count). The standard InChI is InChI=1S/C13H22N2O3/c1-13(2,3)18-12(17)15-8-11(16)9-7-14(4)6-5-10(9)15/h9-10H,5-8H2,1-4H3. The fourth-order valence-corrected chi connectivity index (χ4v) is 2.71. The molecule has 0 spiro atoms. The number of carbonyl (C=O) groups is 2. The largest absolute Gasteiger partial charge is 0.444 e. The topological polar surface area (TPSA) is 49.9 Å². The number of hydrogen-bond donors (Lipinski definition) is 0. The summed E-state index contributed by atoms with van der Waals surface area (Å²) >= 11 is 0. The van der Waals surface area contributed by atoms with Crippen LogP contribution in [0.2, 0.25) is 0 Å². The first-order chi connectivity index (χ1) is 8.28. The highest BCUT2D eigenvalue weighted by atomic mass is 16.6. The van der Waals surface area contributed by atoms with Crippen molar-refractivity contribution >= 4 is 11.9 Å². The molecule has 102 valence electrons. The molecular formula is C13H22N2O3. The summed E-state index contributed by atoms with van der Waals surface area (Å²) in [6.07, 6.45) is 0.500. The number of rotatable bonds is 0. The van der Waals surface area contributed by atoms with Gasteiger partial charge in [-0.1, -0.05) is 0 Å². The van der Waals surface area contributed by atoms with Crippen molar-refractivity contribution in [3.63, 3.8) is 0 Å². The molecule has 0 bridgehead atoms. The molecule has 2 aliphatic rings. The molecule has 2 saturated heterocycles. The molecule has 2 unspecified atom stereocenters. The minimum absolute atomic E-state index is 0.0311. The van der Waals surface area contributed by atoms with E-state index >= 15 is 0 Å². The molecule has 5 heteroatoms. The first-order valence-corrected chi connectivity index (χ1v) is 6.49. The minimum Gasteiger partial charge on any atom is -0.444 e. The van der Waals surface area contributed by atoms with Gasteiger partial charge in [-0.25, -0.2) is 4.79 Å². The smallest absolute Gasteiger partial charge is 0.410 e. The third-order valence-electron chi connectivity index (χ3n) is 3.55. The Morgan fingerprint density at radius 2 is 2.06 bits per heavy atom. The lowest BCUT2D eigenvalue weighted by Crippen LogP contribution is -2.48. The van der Waals surface area contributed by atoms with Crippen LogP contribution in [0.3, 0.4) is 0 Å². The number of hydrogen-bond acceptors (Lipinski definition) is 4. The quantitative estimate of drug-likeness (QED) is 0.650. The van der Waals surface area contributed by atoms with E-state index in [0.717, 1.165) is 19.5 Å². The number of ketones is 1. The fourth-order valence-electron chi connectivity index (χ4n) is 2.71. The second kappa shape index (κ2) is 4.53. The summed E-state index contributed by atoms with van der Waals surface area (Å²) in [5.41, 5.74) is -0.510. The summed E-state index contributed by atoms with van der Waals surface area (Å²) in [6, 6.07) is 0.0311. The molecule has 0 saturated carbocycles. The van der Waals surface area contributed by atoms with Crippen LogP contribution in [0.4, 0.5) is 4.79 Å². The van der Waals surface area contributed by atoms with Gasteiger partial charge in [-0.05, 0) is 40.8 Å². The van der Waals surface area contributed by atoms with E-state index in [1.165, 1.54) is 0 Å². The maximum absolute atomic E-state index is 12.1. The Kier molecular flexibility index (Phi) is 3.36. The zero-order valence-electron chi connectivity index (χ0n) is 11.6. The second-order valence-electron chi connectivity index (χ2n) is 6.30. The average molecular weight is 254 g/mol. The van der Waals surface area contributed by atoms with E-state index in [1.54, 1.807) is 4.90 Å². The average Bonchev–Trinajstić information content (AvgIpc) is 2.54. The van der Waals surface area contributed by atoms with Gasteiger partial charge in [-0.2, -0.15) is 0 Å². The molecule has 2 heterocycles. The van der Waals surface area contributed by atoms with Crippen molar-refractivity contribution in [2.45, 2.75) is 38.8 Å². The van der Waals surface area contributed by atoms with Gasteiger partial charge >= 0.3 is 6.09 Å². The third-order valence-corrected chi connectivity index (χ3v) is 3.55. The van der Waals surface area contributed by atoms with Gasteiger partial charge in [-0.3, -0.25) is 9.69 Å². The van der Waals surface area contributed by atoms with Gasteiger partial charge in [-0.15, -0.1) is 0 Å². The van der Waals surface area contributed by atoms with E-state index < -0.39 is 5.60 Å².